The Balaban J connectivity index is 3.02. The van der Waals surface area contributed by atoms with Gasteiger partial charge in [0.25, 0.3) is 0 Å². The van der Waals surface area contributed by atoms with E-state index in [1.807, 2.05) is 27.9 Å². The molecule has 0 aliphatic rings. The minimum atomic E-state index is 0.526. The molecule has 0 aromatic heterocycles. The molecule has 0 atom stereocenters. The summed E-state index contributed by atoms with van der Waals surface area (Å²) in [5, 5.41) is 8.68. The van der Waals surface area contributed by atoms with Crippen LogP contribution in [0.2, 0.25) is 0 Å². The average molecular weight is 258 g/mol. The first-order valence-electron chi connectivity index (χ1n) is 6.57. The number of ether oxygens (including phenoxy) is 1. The van der Waals surface area contributed by atoms with Crippen LogP contribution in [0.5, 0.6) is 0 Å². The smallest absolute Gasteiger partial charge is 0.125 e. The molecule has 0 fully saturated rings. The monoisotopic (exact) mass is 258 g/mol. The molecule has 0 aliphatic heterocycles. The molecule has 0 radical (unpaired) electrons. The van der Waals surface area contributed by atoms with Crippen molar-refractivity contribution < 1.29 is 4.74 Å². The number of hydrogen-bond donors (Lipinski definition) is 0. The van der Waals surface area contributed by atoms with Gasteiger partial charge in [-0.15, -0.1) is 0 Å². The molecular formula is C16H22N2O. The van der Waals surface area contributed by atoms with Crippen LogP contribution in [0.25, 0.3) is 5.76 Å². The van der Waals surface area contributed by atoms with Crippen molar-refractivity contribution in [2.45, 2.75) is 26.7 Å². The predicted molar refractivity (Wildman–Crippen MR) is 79.8 cm³/mol. The summed E-state index contributed by atoms with van der Waals surface area (Å²) in [4.78, 5) is 2.07. The Bertz CT molecular complexity index is 467. The van der Waals surface area contributed by atoms with E-state index in [1.165, 1.54) is 0 Å². The van der Waals surface area contributed by atoms with Crippen LogP contribution in [0.15, 0.2) is 29.8 Å². The van der Waals surface area contributed by atoms with E-state index >= 15 is 0 Å². The second kappa shape index (κ2) is 7.48. The number of nitrogens with zero attached hydrogens (tertiary/aromatic N) is 2. The van der Waals surface area contributed by atoms with Crippen LogP contribution in [0.4, 0.5) is 5.69 Å². The van der Waals surface area contributed by atoms with Gasteiger partial charge in [-0.05, 0) is 50.1 Å². The number of anilines is 1. The second-order valence-corrected chi connectivity index (χ2v) is 4.64. The maximum absolute atomic E-state index is 8.68. The van der Waals surface area contributed by atoms with Crippen molar-refractivity contribution in [3.8, 4) is 6.07 Å². The summed E-state index contributed by atoms with van der Waals surface area (Å²) in [7, 11) is 4.04. The maximum atomic E-state index is 8.68. The van der Waals surface area contributed by atoms with Crippen LogP contribution in [-0.2, 0) is 4.74 Å². The molecular weight excluding hydrogens is 236 g/mol. The first kappa shape index (κ1) is 15.1. The highest BCUT2D eigenvalue weighted by molar-refractivity contribution is 5.65. The SMILES string of the molecule is CCOC(=C(C)CCC#N)c1ccc(N(C)C)cc1. The summed E-state index contributed by atoms with van der Waals surface area (Å²) in [6, 6.07) is 10.5. The average Bonchev–Trinajstić information content (AvgIpc) is 2.42. The van der Waals surface area contributed by atoms with Gasteiger partial charge in [-0.25, -0.2) is 0 Å². The molecule has 19 heavy (non-hydrogen) atoms. The van der Waals surface area contributed by atoms with Gasteiger partial charge in [0, 0.05) is 31.8 Å². The Kier molecular flexibility index (Phi) is 5.95. The zero-order chi connectivity index (χ0) is 14.3. The number of nitriles is 1. The first-order valence-corrected chi connectivity index (χ1v) is 6.57. The van der Waals surface area contributed by atoms with E-state index in [1.54, 1.807) is 0 Å². The van der Waals surface area contributed by atoms with Crippen LogP contribution in [0, 0.1) is 11.3 Å². The molecule has 3 heteroatoms. The third kappa shape index (κ3) is 4.33. The molecule has 0 amide bonds. The van der Waals surface area contributed by atoms with E-state index in [-0.39, 0.29) is 0 Å². The molecule has 1 aromatic carbocycles. The molecule has 0 aliphatic carbocycles. The number of hydrogen-bond acceptors (Lipinski definition) is 3. The summed E-state index contributed by atoms with van der Waals surface area (Å²) >= 11 is 0. The Morgan fingerprint density at radius 1 is 1.26 bits per heavy atom. The third-order valence-corrected chi connectivity index (χ3v) is 2.93. The fourth-order valence-electron chi connectivity index (χ4n) is 1.87. The first-order chi connectivity index (χ1) is 9.10. The largest absolute Gasteiger partial charge is 0.493 e. The lowest BCUT2D eigenvalue weighted by Crippen LogP contribution is -2.08. The Hall–Kier alpha value is -1.95. The van der Waals surface area contributed by atoms with Gasteiger partial charge in [-0.1, -0.05) is 0 Å². The lowest BCUT2D eigenvalue weighted by Gasteiger charge is -2.16. The second-order valence-electron chi connectivity index (χ2n) is 4.64. The van der Waals surface area contributed by atoms with Crippen molar-refractivity contribution in [3.05, 3.63) is 35.4 Å². The van der Waals surface area contributed by atoms with Gasteiger partial charge >= 0.3 is 0 Å². The summed E-state index contributed by atoms with van der Waals surface area (Å²) < 4.78 is 5.74. The van der Waals surface area contributed by atoms with E-state index in [9.17, 15) is 0 Å². The van der Waals surface area contributed by atoms with Gasteiger partial charge in [0.05, 0.1) is 12.7 Å². The molecule has 3 nitrogen and oxygen atoms in total. The summed E-state index contributed by atoms with van der Waals surface area (Å²) in [6.07, 6.45) is 1.28. The van der Waals surface area contributed by atoms with Crippen LogP contribution in [0.3, 0.4) is 0 Å². The highest BCUT2D eigenvalue weighted by atomic mass is 16.5. The van der Waals surface area contributed by atoms with E-state index < -0.39 is 0 Å². The van der Waals surface area contributed by atoms with Crippen molar-refractivity contribution in [2.75, 3.05) is 25.6 Å². The minimum Gasteiger partial charge on any atom is -0.493 e. The zero-order valence-corrected chi connectivity index (χ0v) is 12.2. The summed E-state index contributed by atoms with van der Waals surface area (Å²) in [5.74, 6) is 0.906. The van der Waals surface area contributed by atoms with Crippen LogP contribution < -0.4 is 4.90 Å². The van der Waals surface area contributed by atoms with Crippen molar-refractivity contribution in [3.63, 3.8) is 0 Å². The standard InChI is InChI=1S/C16H22N2O/c1-5-19-16(13(2)7-6-12-17)14-8-10-15(11-9-14)18(3)4/h8-11H,5-7H2,1-4H3. The number of allylic oxidation sites excluding steroid dienone is 1. The summed E-state index contributed by atoms with van der Waals surface area (Å²) in [5.41, 5.74) is 3.36. The highest BCUT2D eigenvalue weighted by Crippen LogP contribution is 2.24. The normalized spacial score (nSPS) is 11.5. The van der Waals surface area contributed by atoms with Gasteiger partial charge in [0.2, 0.25) is 0 Å². The molecule has 0 saturated heterocycles. The fraction of sp³-hybridized carbons (Fsp3) is 0.438. The number of benzene rings is 1. The number of rotatable bonds is 6. The van der Waals surface area contributed by atoms with Gasteiger partial charge < -0.3 is 9.64 Å². The van der Waals surface area contributed by atoms with Crippen LogP contribution in [-0.4, -0.2) is 20.7 Å². The molecule has 0 bridgehead atoms. The van der Waals surface area contributed by atoms with E-state index in [2.05, 4.69) is 35.2 Å². The fourth-order valence-corrected chi connectivity index (χ4v) is 1.87. The van der Waals surface area contributed by atoms with Gasteiger partial charge in [0.1, 0.15) is 5.76 Å². The molecule has 0 saturated carbocycles. The Morgan fingerprint density at radius 3 is 2.37 bits per heavy atom. The molecule has 0 heterocycles. The van der Waals surface area contributed by atoms with Gasteiger partial charge in [-0.3, -0.25) is 0 Å². The topological polar surface area (TPSA) is 36.3 Å². The van der Waals surface area contributed by atoms with Crippen molar-refractivity contribution in [1.82, 2.24) is 0 Å². The summed E-state index contributed by atoms with van der Waals surface area (Å²) in [6.45, 7) is 4.64. The van der Waals surface area contributed by atoms with Crippen molar-refractivity contribution in [1.29, 1.82) is 5.26 Å². The molecule has 0 N–H and O–H groups in total. The molecule has 1 aromatic rings. The van der Waals surface area contributed by atoms with Crippen LogP contribution >= 0.6 is 0 Å². The third-order valence-electron chi connectivity index (χ3n) is 2.93. The van der Waals surface area contributed by atoms with Crippen molar-refractivity contribution in [2.24, 2.45) is 0 Å². The Labute approximate surface area is 116 Å². The van der Waals surface area contributed by atoms with E-state index in [4.69, 9.17) is 10.00 Å². The Morgan fingerprint density at radius 2 is 1.89 bits per heavy atom. The van der Waals surface area contributed by atoms with Crippen molar-refractivity contribution >= 4 is 11.4 Å². The van der Waals surface area contributed by atoms with Crippen LogP contribution in [0.1, 0.15) is 32.3 Å². The quantitative estimate of drug-likeness (QED) is 0.728. The highest BCUT2D eigenvalue weighted by Gasteiger charge is 2.07. The van der Waals surface area contributed by atoms with Gasteiger partial charge in [-0.2, -0.15) is 5.26 Å². The lowest BCUT2D eigenvalue weighted by molar-refractivity contribution is 0.294. The maximum Gasteiger partial charge on any atom is 0.125 e. The minimum absolute atomic E-state index is 0.526. The molecule has 1 rings (SSSR count). The molecule has 0 unspecified atom stereocenters. The van der Waals surface area contributed by atoms with E-state index in [0.29, 0.717) is 13.0 Å². The van der Waals surface area contributed by atoms with E-state index in [0.717, 1.165) is 29.0 Å². The molecule has 102 valence electrons. The molecule has 0 spiro atoms. The van der Waals surface area contributed by atoms with Gasteiger partial charge in [0.15, 0.2) is 0 Å². The lowest BCUT2D eigenvalue weighted by atomic mass is 10.1. The zero-order valence-electron chi connectivity index (χ0n) is 12.2. The predicted octanol–water partition coefficient (Wildman–Crippen LogP) is 3.82.